The number of likely N-dealkylation sites (tertiary alicyclic amines) is 1. The van der Waals surface area contributed by atoms with Crippen molar-refractivity contribution >= 4 is 23.3 Å². The summed E-state index contributed by atoms with van der Waals surface area (Å²) in [5, 5.41) is 5.88. The van der Waals surface area contributed by atoms with Gasteiger partial charge in [0.1, 0.15) is 11.5 Å². The number of benzene rings is 2. The number of methoxy groups -OCH3 is 2. The Hall–Kier alpha value is -3.22. The van der Waals surface area contributed by atoms with E-state index in [2.05, 4.69) is 10.6 Å². The topological polar surface area (TPSA) is 79.9 Å². The van der Waals surface area contributed by atoms with Gasteiger partial charge < -0.3 is 25.0 Å². The number of amides is 3. The quantitative estimate of drug-likeness (QED) is 0.746. The Kier molecular flexibility index (Phi) is 7.17. The molecule has 0 spiro atoms. The maximum Gasteiger partial charge on any atom is 0.321 e. The molecule has 1 atom stereocenters. The first kappa shape index (κ1) is 21.5. The Morgan fingerprint density at radius 3 is 2.10 bits per heavy atom. The molecule has 30 heavy (non-hydrogen) atoms. The van der Waals surface area contributed by atoms with Crippen LogP contribution in [0.2, 0.25) is 0 Å². The lowest BCUT2D eigenvalue weighted by atomic mass is 9.85. The zero-order valence-corrected chi connectivity index (χ0v) is 17.7. The highest BCUT2D eigenvalue weighted by molar-refractivity contribution is 5.93. The lowest BCUT2D eigenvalue weighted by Crippen LogP contribution is -2.43. The molecule has 2 aromatic rings. The first-order valence-electron chi connectivity index (χ1n) is 10.1. The standard InChI is InChI=1S/C23H29N3O4/c1-16(22(27)24-19-13-20(29-2)15-21(14-19)30-3)17-9-11-26(12-10-17)23(28)25-18-7-5-4-6-8-18/h4-8,13-17H,9-12H2,1-3H3,(H,24,27)(H,25,28)/t16-/m0/s1. The molecular weight excluding hydrogens is 382 g/mol. The van der Waals surface area contributed by atoms with Gasteiger partial charge in [-0.2, -0.15) is 0 Å². The van der Waals surface area contributed by atoms with Crippen LogP contribution in [0, 0.1) is 11.8 Å². The molecule has 0 aromatic heterocycles. The van der Waals surface area contributed by atoms with E-state index in [0.29, 0.717) is 30.3 Å². The molecule has 2 aromatic carbocycles. The molecule has 0 bridgehead atoms. The third kappa shape index (κ3) is 5.43. The van der Waals surface area contributed by atoms with Crippen LogP contribution in [-0.4, -0.2) is 44.1 Å². The van der Waals surface area contributed by atoms with E-state index < -0.39 is 0 Å². The van der Waals surface area contributed by atoms with Gasteiger partial charge in [0.05, 0.1) is 14.2 Å². The second-order valence-corrected chi connectivity index (χ2v) is 7.50. The van der Waals surface area contributed by atoms with Gasteiger partial charge in [-0.25, -0.2) is 4.79 Å². The highest BCUT2D eigenvalue weighted by Crippen LogP contribution is 2.29. The van der Waals surface area contributed by atoms with E-state index in [9.17, 15) is 9.59 Å². The average molecular weight is 412 g/mol. The zero-order chi connectivity index (χ0) is 21.5. The van der Waals surface area contributed by atoms with Crippen LogP contribution in [-0.2, 0) is 4.79 Å². The van der Waals surface area contributed by atoms with Gasteiger partial charge >= 0.3 is 6.03 Å². The molecule has 0 unspecified atom stereocenters. The van der Waals surface area contributed by atoms with Crippen LogP contribution in [0.4, 0.5) is 16.2 Å². The number of hydrogen-bond donors (Lipinski definition) is 2. The van der Waals surface area contributed by atoms with E-state index >= 15 is 0 Å². The van der Waals surface area contributed by atoms with E-state index in [1.807, 2.05) is 37.3 Å². The van der Waals surface area contributed by atoms with Crippen LogP contribution >= 0.6 is 0 Å². The van der Waals surface area contributed by atoms with Gasteiger partial charge in [-0.15, -0.1) is 0 Å². The highest BCUT2D eigenvalue weighted by Gasteiger charge is 2.30. The molecule has 3 rings (SSSR count). The normalized spacial score (nSPS) is 15.2. The zero-order valence-electron chi connectivity index (χ0n) is 17.7. The first-order valence-corrected chi connectivity index (χ1v) is 10.1. The van der Waals surface area contributed by atoms with E-state index in [-0.39, 0.29) is 23.8 Å². The summed E-state index contributed by atoms with van der Waals surface area (Å²) in [4.78, 5) is 27.0. The van der Waals surface area contributed by atoms with Crippen molar-refractivity contribution in [1.29, 1.82) is 0 Å². The summed E-state index contributed by atoms with van der Waals surface area (Å²) < 4.78 is 10.5. The van der Waals surface area contributed by atoms with Crippen LogP contribution in [0.5, 0.6) is 11.5 Å². The predicted molar refractivity (Wildman–Crippen MR) is 117 cm³/mol. The number of carbonyl (C=O) groups excluding carboxylic acids is 2. The maximum absolute atomic E-state index is 12.8. The van der Waals surface area contributed by atoms with Crippen molar-refractivity contribution in [3.05, 3.63) is 48.5 Å². The number of urea groups is 1. The Bertz CT molecular complexity index is 842. The summed E-state index contributed by atoms with van der Waals surface area (Å²) in [6.45, 7) is 3.21. The molecule has 3 amide bonds. The highest BCUT2D eigenvalue weighted by atomic mass is 16.5. The minimum atomic E-state index is -0.165. The molecule has 160 valence electrons. The second-order valence-electron chi connectivity index (χ2n) is 7.50. The molecule has 1 fully saturated rings. The largest absolute Gasteiger partial charge is 0.497 e. The van der Waals surface area contributed by atoms with Gasteiger partial charge in [0.25, 0.3) is 0 Å². The number of piperidine rings is 1. The minimum absolute atomic E-state index is 0.0440. The third-order valence-corrected chi connectivity index (χ3v) is 5.59. The molecule has 0 saturated carbocycles. The molecule has 1 aliphatic heterocycles. The average Bonchev–Trinajstić information content (AvgIpc) is 2.79. The monoisotopic (exact) mass is 411 g/mol. The van der Waals surface area contributed by atoms with Crippen molar-refractivity contribution in [2.24, 2.45) is 11.8 Å². The molecule has 0 aliphatic carbocycles. The number of ether oxygens (including phenoxy) is 2. The van der Waals surface area contributed by atoms with Gasteiger partial charge in [0, 0.05) is 48.6 Å². The van der Waals surface area contributed by atoms with Crippen LogP contribution in [0.1, 0.15) is 19.8 Å². The maximum atomic E-state index is 12.8. The van der Waals surface area contributed by atoms with Crippen LogP contribution in [0.25, 0.3) is 0 Å². The summed E-state index contributed by atoms with van der Waals surface area (Å²) in [5.74, 6) is 1.25. The lowest BCUT2D eigenvalue weighted by molar-refractivity contribution is -0.121. The summed E-state index contributed by atoms with van der Waals surface area (Å²) in [5.41, 5.74) is 1.42. The number of para-hydroxylation sites is 1. The first-order chi connectivity index (χ1) is 14.5. The molecule has 7 nitrogen and oxygen atoms in total. The second kappa shape index (κ2) is 10.0. The fourth-order valence-electron chi connectivity index (χ4n) is 3.68. The molecule has 7 heteroatoms. The minimum Gasteiger partial charge on any atom is -0.497 e. The number of hydrogen-bond acceptors (Lipinski definition) is 4. The van der Waals surface area contributed by atoms with E-state index in [1.54, 1.807) is 37.3 Å². The van der Waals surface area contributed by atoms with Gasteiger partial charge in [-0.1, -0.05) is 25.1 Å². The molecule has 1 aliphatic rings. The molecule has 1 saturated heterocycles. The van der Waals surface area contributed by atoms with Crippen LogP contribution in [0.15, 0.2) is 48.5 Å². The van der Waals surface area contributed by atoms with Gasteiger partial charge in [-0.05, 0) is 30.9 Å². The molecule has 2 N–H and O–H groups in total. The molecule has 1 heterocycles. The van der Waals surface area contributed by atoms with Crippen LogP contribution < -0.4 is 20.1 Å². The summed E-state index contributed by atoms with van der Waals surface area (Å²) >= 11 is 0. The Morgan fingerprint density at radius 2 is 1.53 bits per heavy atom. The fourth-order valence-corrected chi connectivity index (χ4v) is 3.68. The Morgan fingerprint density at radius 1 is 0.933 bits per heavy atom. The lowest BCUT2D eigenvalue weighted by Gasteiger charge is -2.34. The number of nitrogens with one attached hydrogen (secondary N) is 2. The van der Waals surface area contributed by atoms with E-state index in [1.165, 1.54) is 0 Å². The molecule has 0 radical (unpaired) electrons. The number of nitrogens with zero attached hydrogens (tertiary/aromatic N) is 1. The number of rotatable bonds is 6. The molecular formula is C23H29N3O4. The van der Waals surface area contributed by atoms with Crippen molar-refractivity contribution in [2.45, 2.75) is 19.8 Å². The fraction of sp³-hybridized carbons (Fsp3) is 0.391. The van der Waals surface area contributed by atoms with Crippen LogP contribution in [0.3, 0.4) is 0 Å². The van der Waals surface area contributed by atoms with E-state index in [0.717, 1.165) is 18.5 Å². The van der Waals surface area contributed by atoms with E-state index in [4.69, 9.17) is 9.47 Å². The summed E-state index contributed by atoms with van der Waals surface area (Å²) in [7, 11) is 3.15. The van der Waals surface area contributed by atoms with Crippen molar-refractivity contribution in [2.75, 3.05) is 37.9 Å². The summed E-state index contributed by atoms with van der Waals surface area (Å²) in [6, 6.07) is 14.6. The third-order valence-electron chi connectivity index (χ3n) is 5.59. The number of anilines is 2. The smallest absolute Gasteiger partial charge is 0.321 e. The van der Waals surface area contributed by atoms with Crippen molar-refractivity contribution in [3.63, 3.8) is 0 Å². The predicted octanol–water partition coefficient (Wildman–Crippen LogP) is 4.22. The van der Waals surface area contributed by atoms with Crippen molar-refractivity contribution in [1.82, 2.24) is 4.90 Å². The Balaban J connectivity index is 1.52. The van der Waals surface area contributed by atoms with Gasteiger partial charge in [0.2, 0.25) is 5.91 Å². The van der Waals surface area contributed by atoms with Crippen molar-refractivity contribution in [3.8, 4) is 11.5 Å². The Labute approximate surface area is 177 Å². The summed E-state index contributed by atoms with van der Waals surface area (Å²) in [6.07, 6.45) is 1.58. The van der Waals surface area contributed by atoms with Crippen molar-refractivity contribution < 1.29 is 19.1 Å². The van der Waals surface area contributed by atoms with Gasteiger partial charge in [0.15, 0.2) is 0 Å². The SMILES string of the molecule is COc1cc(NC(=O)[C@@H](C)C2CCN(C(=O)Nc3ccccc3)CC2)cc(OC)c1. The number of carbonyl (C=O) groups is 2. The van der Waals surface area contributed by atoms with Gasteiger partial charge in [-0.3, -0.25) is 4.79 Å².